The highest BCUT2D eigenvalue weighted by Crippen LogP contribution is 2.38. The smallest absolute Gasteiger partial charge is 0.354 e. The Bertz CT molecular complexity index is 1830. The van der Waals surface area contributed by atoms with Gasteiger partial charge in [0.2, 0.25) is 0 Å². The first-order chi connectivity index (χ1) is 29.0. The third-order valence-corrected chi connectivity index (χ3v) is 8.99. The zero-order chi connectivity index (χ0) is 43.6. The van der Waals surface area contributed by atoms with Crippen LogP contribution in [0.4, 0.5) is 0 Å². The molecule has 16 nitrogen and oxygen atoms in total. The highest BCUT2D eigenvalue weighted by Gasteiger charge is 2.24. The number of methoxy groups -OCH3 is 2. The second kappa shape index (κ2) is 23.6. The van der Waals surface area contributed by atoms with Crippen molar-refractivity contribution < 1.29 is 57.7 Å². The number of carboxylic acids is 2. The van der Waals surface area contributed by atoms with E-state index in [0.29, 0.717) is 123 Å². The van der Waals surface area contributed by atoms with Crippen molar-refractivity contribution in [2.75, 3.05) is 67.0 Å². The number of aromatic nitrogens is 2. The largest absolute Gasteiger partial charge is 0.497 e. The molecular weight excluding hydrogens is 776 g/mol. The SMILES string of the molecule is CCOc1cc(OCC)c(CN(CCN(Cc2cc(OC)cc(C(=O)O)n2)Cc2c(OCC)cc(OCC)cc2OCC)Cc2cc(OC)cc(C(=O)O)n2)c(OCC)c1. The van der Waals surface area contributed by atoms with Gasteiger partial charge in [0.1, 0.15) is 46.0 Å². The lowest BCUT2D eigenvalue weighted by Crippen LogP contribution is -2.35. The fraction of sp³-hybridized carbons (Fsp3) is 0.455. The minimum atomic E-state index is -1.19. The number of hydrogen-bond donors (Lipinski definition) is 2. The molecule has 4 rings (SSSR count). The van der Waals surface area contributed by atoms with Crippen LogP contribution in [0.1, 0.15) is 85.0 Å². The van der Waals surface area contributed by atoms with Crippen LogP contribution in [0.3, 0.4) is 0 Å². The number of benzene rings is 2. The summed E-state index contributed by atoms with van der Waals surface area (Å²) in [6.45, 7) is 15.6. The molecule has 326 valence electrons. The van der Waals surface area contributed by atoms with Gasteiger partial charge in [-0.2, -0.15) is 0 Å². The average molecular weight is 835 g/mol. The first-order valence-electron chi connectivity index (χ1n) is 20.1. The molecule has 0 aliphatic heterocycles. The Morgan fingerprint density at radius 1 is 0.467 bits per heavy atom. The molecule has 0 saturated heterocycles. The van der Waals surface area contributed by atoms with E-state index in [1.165, 1.54) is 26.4 Å². The second-order valence-electron chi connectivity index (χ2n) is 13.2. The predicted molar refractivity (Wildman–Crippen MR) is 224 cm³/mol. The van der Waals surface area contributed by atoms with Crippen molar-refractivity contribution in [3.63, 3.8) is 0 Å². The quantitative estimate of drug-likeness (QED) is 0.0627. The first-order valence-corrected chi connectivity index (χ1v) is 20.1. The normalized spacial score (nSPS) is 11.0. The van der Waals surface area contributed by atoms with Crippen molar-refractivity contribution in [3.05, 3.63) is 82.4 Å². The van der Waals surface area contributed by atoms with E-state index in [1.807, 2.05) is 65.8 Å². The van der Waals surface area contributed by atoms with Crippen molar-refractivity contribution >= 4 is 11.9 Å². The van der Waals surface area contributed by atoms with Crippen LogP contribution in [0.2, 0.25) is 0 Å². The summed E-state index contributed by atoms with van der Waals surface area (Å²) in [5, 5.41) is 19.8. The van der Waals surface area contributed by atoms with Crippen LogP contribution in [0.5, 0.6) is 46.0 Å². The van der Waals surface area contributed by atoms with Gasteiger partial charge in [-0.05, 0) is 41.5 Å². The molecule has 4 aromatic rings. The Hall–Kier alpha value is -6.00. The van der Waals surface area contributed by atoms with Gasteiger partial charge in [0.25, 0.3) is 0 Å². The number of nitrogens with zero attached hydrogens (tertiary/aromatic N) is 4. The number of carbonyl (C=O) groups is 2. The lowest BCUT2D eigenvalue weighted by molar-refractivity contribution is 0.0678. The second-order valence-corrected chi connectivity index (χ2v) is 13.2. The molecule has 60 heavy (non-hydrogen) atoms. The molecule has 0 radical (unpaired) electrons. The van der Waals surface area contributed by atoms with Crippen molar-refractivity contribution in [1.82, 2.24) is 19.8 Å². The van der Waals surface area contributed by atoms with Gasteiger partial charge in [-0.3, -0.25) is 9.80 Å². The number of aromatic carboxylic acids is 2. The van der Waals surface area contributed by atoms with Crippen molar-refractivity contribution in [3.8, 4) is 46.0 Å². The van der Waals surface area contributed by atoms with Crippen LogP contribution < -0.4 is 37.9 Å². The molecule has 0 spiro atoms. The van der Waals surface area contributed by atoms with Crippen molar-refractivity contribution in [2.45, 2.75) is 67.7 Å². The summed E-state index contributed by atoms with van der Waals surface area (Å²) in [6.07, 6.45) is 0. The molecule has 0 saturated carbocycles. The summed E-state index contributed by atoms with van der Waals surface area (Å²) in [5.41, 5.74) is 2.14. The molecule has 0 bridgehead atoms. The molecule has 0 atom stereocenters. The molecule has 0 aliphatic rings. The lowest BCUT2D eigenvalue weighted by Gasteiger charge is -2.30. The summed E-state index contributed by atoms with van der Waals surface area (Å²) >= 11 is 0. The van der Waals surface area contributed by atoms with Crippen LogP contribution in [-0.4, -0.2) is 109 Å². The van der Waals surface area contributed by atoms with E-state index < -0.39 is 11.9 Å². The molecule has 0 amide bonds. The maximum atomic E-state index is 12.1. The zero-order valence-electron chi connectivity index (χ0n) is 35.9. The van der Waals surface area contributed by atoms with Gasteiger partial charge in [0, 0.05) is 87.8 Å². The van der Waals surface area contributed by atoms with E-state index in [0.717, 1.165) is 11.1 Å². The fourth-order valence-corrected chi connectivity index (χ4v) is 6.49. The van der Waals surface area contributed by atoms with E-state index >= 15 is 0 Å². The van der Waals surface area contributed by atoms with Crippen LogP contribution in [0.15, 0.2) is 48.5 Å². The summed E-state index contributed by atoms with van der Waals surface area (Å²) in [6, 6.07) is 13.5. The van der Waals surface area contributed by atoms with Gasteiger partial charge >= 0.3 is 11.9 Å². The summed E-state index contributed by atoms with van der Waals surface area (Å²) < 4.78 is 47.3. The number of pyridine rings is 2. The molecule has 0 fully saturated rings. The maximum Gasteiger partial charge on any atom is 0.354 e. The van der Waals surface area contributed by atoms with E-state index in [9.17, 15) is 19.8 Å². The Morgan fingerprint density at radius 3 is 1.05 bits per heavy atom. The molecule has 2 aromatic heterocycles. The minimum Gasteiger partial charge on any atom is -0.497 e. The van der Waals surface area contributed by atoms with Gasteiger partial charge < -0.3 is 48.1 Å². The first kappa shape index (κ1) is 46.7. The molecule has 2 aromatic carbocycles. The third kappa shape index (κ3) is 13.3. The Kier molecular flexibility index (Phi) is 18.3. The molecule has 2 heterocycles. The Labute approximate surface area is 351 Å². The Balaban J connectivity index is 1.87. The minimum absolute atomic E-state index is 0.155. The predicted octanol–water partition coefficient (Wildman–Crippen LogP) is 6.99. The van der Waals surface area contributed by atoms with Gasteiger partial charge in [-0.1, -0.05) is 0 Å². The third-order valence-electron chi connectivity index (χ3n) is 8.99. The standard InChI is InChI=1S/C44H58N4O12/c1-9-55-33-21-39(57-11-3)35(40(22-33)58-12-4)27-47(25-29-17-31(53-7)19-37(45-29)43(49)50)15-16-48(26-30-18-32(54-8)20-38(46-30)44(51)52)28-36-41(59-13-5)23-34(56-10-2)24-42(36)60-14-6/h17-24H,9-16,25-28H2,1-8H3,(H,49,50)(H,51,52). The van der Waals surface area contributed by atoms with Gasteiger partial charge in [-0.25, -0.2) is 19.6 Å². The van der Waals surface area contributed by atoms with Crippen LogP contribution >= 0.6 is 0 Å². The number of carboxylic acid groups (broad SMARTS) is 2. The molecule has 0 aliphatic carbocycles. The molecule has 2 N–H and O–H groups in total. The van der Waals surface area contributed by atoms with E-state index in [1.54, 1.807) is 12.1 Å². The summed E-state index contributed by atoms with van der Waals surface area (Å²) in [4.78, 5) is 37.4. The van der Waals surface area contributed by atoms with Crippen molar-refractivity contribution in [2.24, 2.45) is 0 Å². The highest BCUT2D eigenvalue weighted by atomic mass is 16.5. The molecular formula is C44H58N4O12. The lowest BCUT2D eigenvalue weighted by atomic mass is 10.1. The van der Waals surface area contributed by atoms with Crippen molar-refractivity contribution in [1.29, 1.82) is 0 Å². The summed E-state index contributed by atoms with van der Waals surface area (Å²) in [7, 11) is 2.94. The van der Waals surface area contributed by atoms with Gasteiger partial charge in [-0.15, -0.1) is 0 Å². The summed E-state index contributed by atoms with van der Waals surface area (Å²) in [5.74, 6) is 1.86. The topological polar surface area (TPSA) is 181 Å². The highest BCUT2D eigenvalue weighted by molar-refractivity contribution is 5.86. The van der Waals surface area contributed by atoms with E-state index in [2.05, 4.69) is 19.8 Å². The number of hydrogen-bond acceptors (Lipinski definition) is 14. The van der Waals surface area contributed by atoms with Gasteiger partial charge in [0.15, 0.2) is 11.4 Å². The fourth-order valence-electron chi connectivity index (χ4n) is 6.49. The van der Waals surface area contributed by atoms with Crippen LogP contribution in [-0.2, 0) is 26.2 Å². The number of rotatable bonds is 27. The monoisotopic (exact) mass is 834 g/mol. The van der Waals surface area contributed by atoms with E-state index in [-0.39, 0.29) is 24.5 Å². The van der Waals surface area contributed by atoms with Crippen LogP contribution in [0.25, 0.3) is 0 Å². The molecule has 16 heteroatoms. The maximum absolute atomic E-state index is 12.1. The Morgan fingerprint density at radius 2 is 0.783 bits per heavy atom. The van der Waals surface area contributed by atoms with Crippen LogP contribution in [0, 0.1) is 0 Å². The average Bonchev–Trinajstić information content (AvgIpc) is 3.22. The van der Waals surface area contributed by atoms with E-state index in [4.69, 9.17) is 37.9 Å². The zero-order valence-corrected chi connectivity index (χ0v) is 35.9. The number of ether oxygens (including phenoxy) is 8. The van der Waals surface area contributed by atoms with Gasteiger partial charge in [0.05, 0.1) is 76.4 Å². The molecule has 0 unspecified atom stereocenters.